The Hall–Kier alpha value is -1.51. The molecule has 2 saturated carbocycles. The summed E-state index contributed by atoms with van der Waals surface area (Å²) in [4.78, 5) is 12.0. The number of nitrogens with one attached hydrogen (secondary N) is 1. The van der Waals surface area contributed by atoms with Gasteiger partial charge in [-0.3, -0.25) is 4.79 Å². The van der Waals surface area contributed by atoms with E-state index in [0.29, 0.717) is 12.0 Å². The summed E-state index contributed by atoms with van der Waals surface area (Å²) in [5.41, 5.74) is 2.29. The average molecular weight is 273 g/mol. The molecule has 0 heterocycles. The van der Waals surface area contributed by atoms with Crippen LogP contribution in [0.2, 0.25) is 0 Å². The van der Waals surface area contributed by atoms with E-state index in [1.54, 1.807) is 0 Å². The Morgan fingerprint density at radius 1 is 1.30 bits per heavy atom. The fourth-order valence-electron chi connectivity index (χ4n) is 3.77. The van der Waals surface area contributed by atoms with Crippen LogP contribution in [-0.2, 0) is 4.79 Å². The van der Waals surface area contributed by atoms with E-state index in [0.717, 1.165) is 17.2 Å². The number of benzene rings is 1. The summed E-state index contributed by atoms with van der Waals surface area (Å²) >= 11 is 0. The van der Waals surface area contributed by atoms with Crippen LogP contribution in [0.5, 0.6) is 5.75 Å². The van der Waals surface area contributed by atoms with Gasteiger partial charge in [-0.1, -0.05) is 24.1 Å². The summed E-state index contributed by atoms with van der Waals surface area (Å²) in [5.74, 6) is 2.39. The zero-order valence-electron chi connectivity index (χ0n) is 12.3. The molecule has 3 atom stereocenters. The van der Waals surface area contributed by atoms with Crippen molar-refractivity contribution < 1.29 is 9.53 Å². The van der Waals surface area contributed by atoms with Crippen molar-refractivity contribution in [2.45, 2.75) is 45.6 Å². The lowest BCUT2D eigenvalue weighted by Gasteiger charge is -2.23. The van der Waals surface area contributed by atoms with E-state index in [1.807, 2.05) is 19.1 Å². The van der Waals surface area contributed by atoms with Gasteiger partial charge in [-0.15, -0.1) is 0 Å². The topological polar surface area (TPSA) is 38.3 Å². The maximum Gasteiger partial charge on any atom is 0.258 e. The van der Waals surface area contributed by atoms with Gasteiger partial charge in [-0.2, -0.15) is 0 Å². The lowest BCUT2D eigenvalue weighted by atomic mass is 9.95. The molecular weight excluding hydrogens is 250 g/mol. The molecule has 0 radical (unpaired) electrons. The van der Waals surface area contributed by atoms with E-state index in [1.165, 1.54) is 31.2 Å². The Kier molecular flexibility index (Phi) is 3.68. The van der Waals surface area contributed by atoms with Gasteiger partial charge in [-0.05, 0) is 56.6 Å². The fourth-order valence-corrected chi connectivity index (χ4v) is 3.77. The zero-order valence-corrected chi connectivity index (χ0v) is 12.3. The molecule has 0 saturated heterocycles. The van der Waals surface area contributed by atoms with Gasteiger partial charge >= 0.3 is 0 Å². The molecule has 1 N–H and O–H groups in total. The number of hydrogen-bond donors (Lipinski definition) is 1. The second-order valence-corrected chi connectivity index (χ2v) is 6.41. The van der Waals surface area contributed by atoms with Crippen LogP contribution in [-0.4, -0.2) is 18.6 Å². The number of aryl methyl sites for hydroxylation is 2. The Labute approximate surface area is 120 Å². The summed E-state index contributed by atoms with van der Waals surface area (Å²) in [6.45, 7) is 4.19. The van der Waals surface area contributed by atoms with Gasteiger partial charge in [0.25, 0.3) is 5.91 Å². The molecular formula is C17H23NO2. The van der Waals surface area contributed by atoms with Crippen molar-refractivity contribution >= 4 is 5.91 Å². The Morgan fingerprint density at radius 3 is 2.80 bits per heavy atom. The molecule has 1 amide bonds. The number of hydrogen-bond acceptors (Lipinski definition) is 2. The van der Waals surface area contributed by atoms with Crippen LogP contribution in [0, 0.1) is 25.7 Å². The van der Waals surface area contributed by atoms with Gasteiger partial charge in [0.1, 0.15) is 5.75 Å². The molecule has 1 aromatic carbocycles. The number of carbonyl (C=O) groups excluding carboxylic acids is 1. The minimum atomic E-state index is 0.0162. The van der Waals surface area contributed by atoms with Crippen LogP contribution in [0.15, 0.2) is 18.2 Å². The first kappa shape index (κ1) is 13.5. The van der Waals surface area contributed by atoms with Crippen molar-refractivity contribution in [3.05, 3.63) is 29.3 Å². The molecule has 3 heteroatoms. The van der Waals surface area contributed by atoms with E-state index in [-0.39, 0.29) is 12.5 Å². The minimum absolute atomic E-state index is 0.0162. The molecule has 0 spiro atoms. The highest BCUT2D eigenvalue weighted by Crippen LogP contribution is 2.44. The molecule has 2 aliphatic carbocycles. The SMILES string of the molecule is Cc1ccc(OCC(=O)NC2CC3CCC2C3)c(C)c1. The number of carbonyl (C=O) groups is 1. The highest BCUT2D eigenvalue weighted by atomic mass is 16.5. The van der Waals surface area contributed by atoms with E-state index >= 15 is 0 Å². The highest BCUT2D eigenvalue weighted by Gasteiger charge is 2.40. The molecule has 20 heavy (non-hydrogen) atoms. The lowest BCUT2D eigenvalue weighted by Crippen LogP contribution is -2.40. The standard InChI is InChI=1S/C17H23NO2/c1-11-3-6-16(12(2)7-11)20-10-17(19)18-15-9-13-4-5-14(15)8-13/h3,6-7,13-15H,4-5,8-10H2,1-2H3,(H,18,19). The second kappa shape index (κ2) is 5.47. The first-order valence-corrected chi connectivity index (χ1v) is 7.61. The average Bonchev–Trinajstić information content (AvgIpc) is 3.00. The monoisotopic (exact) mass is 273 g/mol. The predicted molar refractivity (Wildman–Crippen MR) is 78.8 cm³/mol. The molecule has 2 bridgehead atoms. The van der Waals surface area contributed by atoms with Crippen LogP contribution in [0.1, 0.15) is 36.8 Å². The van der Waals surface area contributed by atoms with E-state index in [2.05, 4.69) is 18.3 Å². The van der Waals surface area contributed by atoms with E-state index < -0.39 is 0 Å². The van der Waals surface area contributed by atoms with Crippen molar-refractivity contribution in [3.8, 4) is 5.75 Å². The van der Waals surface area contributed by atoms with Gasteiger partial charge in [0.05, 0.1) is 0 Å². The third-order valence-corrected chi connectivity index (χ3v) is 4.77. The molecule has 0 aromatic heterocycles. The predicted octanol–water partition coefficient (Wildman–Crippen LogP) is 2.99. The molecule has 108 valence electrons. The van der Waals surface area contributed by atoms with E-state index in [4.69, 9.17) is 4.74 Å². The van der Waals surface area contributed by atoms with Crippen LogP contribution in [0.25, 0.3) is 0 Å². The summed E-state index contributed by atoms with van der Waals surface area (Å²) < 4.78 is 5.63. The summed E-state index contributed by atoms with van der Waals surface area (Å²) in [6.07, 6.45) is 5.12. The second-order valence-electron chi connectivity index (χ2n) is 6.41. The van der Waals surface area contributed by atoms with Crippen molar-refractivity contribution in [2.75, 3.05) is 6.61 Å². The molecule has 0 aliphatic heterocycles. The first-order valence-electron chi connectivity index (χ1n) is 7.61. The quantitative estimate of drug-likeness (QED) is 0.916. The molecule has 2 aliphatic rings. The molecule has 3 nitrogen and oxygen atoms in total. The van der Waals surface area contributed by atoms with Crippen molar-refractivity contribution in [1.29, 1.82) is 0 Å². The molecule has 1 aromatic rings. The van der Waals surface area contributed by atoms with Crippen LogP contribution >= 0.6 is 0 Å². The van der Waals surface area contributed by atoms with Gasteiger partial charge in [-0.25, -0.2) is 0 Å². The summed E-state index contributed by atoms with van der Waals surface area (Å²) in [5, 5.41) is 3.15. The smallest absolute Gasteiger partial charge is 0.258 e. The van der Waals surface area contributed by atoms with Crippen LogP contribution < -0.4 is 10.1 Å². The number of ether oxygens (including phenoxy) is 1. The number of fused-ring (bicyclic) bond motifs is 2. The first-order chi connectivity index (χ1) is 9.61. The maximum atomic E-state index is 12.0. The third-order valence-electron chi connectivity index (χ3n) is 4.77. The third kappa shape index (κ3) is 2.82. The van der Waals surface area contributed by atoms with Crippen molar-refractivity contribution in [3.63, 3.8) is 0 Å². The zero-order chi connectivity index (χ0) is 14.1. The van der Waals surface area contributed by atoms with Crippen molar-refractivity contribution in [2.24, 2.45) is 11.8 Å². The Balaban J connectivity index is 1.49. The van der Waals surface area contributed by atoms with Crippen LogP contribution in [0.3, 0.4) is 0 Å². The van der Waals surface area contributed by atoms with Crippen LogP contribution in [0.4, 0.5) is 0 Å². The minimum Gasteiger partial charge on any atom is -0.484 e. The van der Waals surface area contributed by atoms with Gasteiger partial charge in [0, 0.05) is 6.04 Å². The normalized spacial score (nSPS) is 27.6. The summed E-state index contributed by atoms with van der Waals surface area (Å²) in [6, 6.07) is 6.42. The van der Waals surface area contributed by atoms with Gasteiger partial charge in [0.2, 0.25) is 0 Å². The highest BCUT2D eigenvalue weighted by molar-refractivity contribution is 5.78. The largest absolute Gasteiger partial charge is 0.484 e. The van der Waals surface area contributed by atoms with Gasteiger partial charge in [0.15, 0.2) is 6.61 Å². The van der Waals surface area contributed by atoms with Gasteiger partial charge < -0.3 is 10.1 Å². The number of amides is 1. The fraction of sp³-hybridized carbons (Fsp3) is 0.588. The Morgan fingerprint density at radius 2 is 2.15 bits per heavy atom. The molecule has 3 unspecified atom stereocenters. The molecule has 2 fully saturated rings. The Bertz CT molecular complexity index is 512. The van der Waals surface area contributed by atoms with Crippen molar-refractivity contribution in [1.82, 2.24) is 5.32 Å². The maximum absolute atomic E-state index is 12.0. The van der Waals surface area contributed by atoms with E-state index in [9.17, 15) is 4.79 Å². The lowest BCUT2D eigenvalue weighted by molar-refractivity contribution is -0.124. The molecule has 3 rings (SSSR count). The summed E-state index contributed by atoms with van der Waals surface area (Å²) in [7, 11) is 0. The number of rotatable bonds is 4.